The number of aromatic nitrogens is 3. The van der Waals surface area contributed by atoms with Crippen LogP contribution in [0.1, 0.15) is 16.2 Å². The molecule has 1 aromatic heterocycles. The van der Waals surface area contributed by atoms with Crippen molar-refractivity contribution < 1.29 is 4.79 Å². The average Bonchev–Trinajstić information content (AvgIpc) is 2.85. The fourth-order valence-electron chi connectivity index (χ4n) is 1.11. The molecule has 1 heterocycles. The first-order valence-corrected chi connectivity index (χ1v) is 5.78. The van der Waals surface area contributed by atoms with Crippen molar-refractivity contribution in [2.45, 2.75) is 0 Å². The summed E-state index contributed by atoms with van der Waals surface area (Å²) in [6.07, 6.45) is 2.84. The molecule has 17 heavy (non-hydrogen) atoms. The van der Waals surface area contributed by atoms with Crippen molar-refractivity contribution in [2.24, 2.45) is 5.10 Å². The molecular formula is C10H8IN5O. The number of H-pyrrole nitrogens is 1. The minimum atomic E-state index is -0.426. The highest BCUT2D eigenvalue weighted by Crippen LogP contribution is 2.08. The van der Waals surface area contributed by atoms with Gasteiger partial charge in [0.05, 0.1) is 6.21 Å². The molecule has 0 unspecified atom stereocenters. The van der Waals surface area contributed by atoms with Gasteiger partial charge in [0.2, 0.25) is 5.82 Å². The van der Waals surface area contributed by atoms with Gasteiger partial charge in [0, 0.05) is 9.13 Å². The predicted molar refractivity (Wildman–Crippen MR) is 70.6 cm³/mol. The molecule has 0 aliphatic rings. The summed E-state index contributed by atoms with van der Waals surface area (Å²) in [7, 11) is 0. The van der Waals surface area contributed by atoms with Crippen molar-refractivity contribution in [1.29, 1.82) is 0 Å². The second-order valence-electron chi connectivity index (χ2n) is 3.05. The molecule has 7 heteroatoms. The lowest BCUT2D eigenvalue weighted by Gasteiger charge is -1.97. The molecule has 0 bridgehead atoms. The van der Waals surface area contributed by atoms with Crippen molar-refractivity contribution in [3.8, 4) is 0 Å². The predicted octanol–water partition coefficient (Wildman–Crippen LogP) is 1.17. The number of hydrazone groups is 1. The maximum Gasteiger partial charge on any atom is 0.308 e. The second kappa shape index (κ2) is 5.53. The summed E-state index contributed by atoms with van der Waals surface area (Å²) < 4.78 is 1.06. The SMILES string of the molecule is O=C(N/N=C/c1ccccc1I)c1ncn[nH]1. The largest absolute Gasteiger partial charge is 0.308 e. The monoisotopic (exact) mass is 341 g/mol. The zero-order valence-electron chi connectivity index (χ0n) is 8.59. The van der Waals surface area contributed by atoms with Crippen LogP contribution in [0.15, 0.2) is 35.7 Å². The van der Waals surface area contributed by atoms with E-state index in [-0.39, 0.29) is 5.82 Å². The van der Waals surface area contributed by atoms with E-state index in [1.54, 1.807) is 6.21 Å². The molecule has 6 nitrogen and oxygen atoms in total. The third-order valence-corrected chi connectivity index (χ3v) is 2.89. The molecule has 0 aliphatic heterocycles. The van der Waals surface area contributed by atoms with Gasteiger partial charge in [-0.25, -0.2) is 10.4 Å². The molecule has 0 saturated carbocycles. The molecule has 2 aromatic rings. The number of rotatable bonds is 3. The molecule has 1 amide bonds. The first-order chi connectivity index (χ1) is 8.27. The number of benzene rings is 1. The van der Waals surface area contributed by atoms with Crippen LogP contribution in [0.25, 0.3) is 0 Å². The Morgan fingerprint density at radius 1 is 1.47 bits per heavy atom. The number of hydrogen-bond donors (Lipinski definition) is 2. The normalized spacial score (nSPS) is 10.6. The summed E-state index contributed by atoms with van der Waals surface area (Å²) in [5, 5.41) is 9.86. The summed E-state index contributed by atoms with van der Waals surface area (Å²) in [6, 6.07) is 7.71. The zero-order valence-corrected chi connectivity index (χ0v) is 10.7. The number of carbonyl (C=O) groups is 1. The minimum Gasteiger partial charge on any atom is -0.264 e. The fourth-order valence-corrected chi connectivity index (χ4v) is 1.63. The smallest absolute Gasteiger partial charge is 0.264 e. The van der Waals surface area contributed by atoms with Gasteiger partial charge in [-0.2, -0.15) is 10.2 Å². The van der Waals surface area contributed by atoms with Gasteiger partial charge >= 0.3 is 5.91 Å². The Morgan fingerprint density at radius 3 is 3.00 bits per heavy atom. The van der Waals surface area contributed by atoms with Crippen molar-refractivity contribution in [3.05, 3.63) is 45.6 Å². The Morgan fingerprint density at radius 2 is 2.29 bits per heavy atom. The summed E-state index contributed by atoms with van der Waals surface area (Å²) in [5.41, 5.74) is 3.29. The maximum atomic E-state index is 11.4. The molecular weight excluding hydrogens is 333 g/mol. The van der Waals surface area contributed by atoms with Crippen LogP contribution in [0.3, 0.4) is 0 Å². The van der Waals surface area contributed by atoms with E-state index in [0.717, 1.165) is 9.13 Å². The Kier molecular flexibility index (Phi) is 3.81. The van der Waals surface area contributed by atoms with Crippen molar-refractivity contribution >= 4 is 34.7 Å². The van der Waals surface area contributed by atoms with E-state index >= 15 is 0 Å². The Labute approximate surface area is 111 Å². The molecule has 2 rings (SSSR count). The van der Waals surface area contributed by atoms with E-state index in [2.05, 4.69) is 48.3 Å². The highest BCUT2D eigenvalue weighted by molar-refractivity contribution is 14.1. The third-order valence-electron chi connectivity index (χ3n) is 1.91. The fraction of sp³-hybridized carbons (Fsp3) is 0. The Balaban J connectivity index is 1.99. The van der Waals surface area contributed by atoms with E-state index in [4.69, 9.17) is 0 Å². The highest BCUT2D eigenvalue weighted by Gasteiger charge is 2.05. The number of hydrogen-bond acceptors (Lipinski definition) is 4. The van der Waals surface area contributed by atoms with Crippen LogP contribution >= 0.6 is 22.6 Å². The topological polar surface area (TPSA) is 83.0 Å². The van der Waals surface area contributed by atoms with Crippen molar-refractivity contribution in [3.63, 3.8) is 0 Å². The van der Waals surface area contributed by atoms with E-state index < -0.39 is 5.91 Å². The summed E-state index contributed by atoms with van der Waals surface area (Å²) in [5.74, 6) is -0.297. The summed E-state index contributed by atoms with van der Waals surface area (Å²) >= 11 is 2.20. The summed E-state index contributed by atoms with van der Waals surface area (Å²) in [6.45, 7) is 0. The number of amides is 1. The standard InChI is InChI=1S/C10H8IN5O/c11-8-4-2-1-3-7(8)5-13-16-10(17)9-12-6-14-15-9/h1-6H,(H,16,17)(H,12,14,15)/b13-5+. The highest BCUT2D eigenvalue weighted by atomic mass is 127. The molecule has 2 N–H and O–H groups in total. The minimum absolute atomic E-state index is 0.130. The number of aromatic amines is 1. The van der Waals surface area contributed by atoms with E-state index in [0.29, 0.717) is 0 Å². The van der Waals surface area contributed by atoms with E-state index in [9.17, 15) is 4.79 Å². The lowest BCUT2D eigenvalue weighted by atomic mass is 10.2. The van der Waals surface area contributed by atoms with Crippen LogP contribution in [-0.2, 0) is 0 Å². The van der Waals surface area contributed by atoms with Gasteiger partial charge in [-0.15, -0.1) is 0 Å². The molecule has 0 atom stereocenters. The number of halogens is 1. The van der Waals surface area contributed by atoms with Gasteiger partial charge < -0.3 is 0 Å². The molecule has 0 spiro atoms. The average molecular weight is 341 g/mol. The Bertz CT molecular complexity index is 537. The number of nitrogens with zero attached hydrogens (tertiary/aromatic N) is 3. The zero-order chi connectivity index (χ0) is 12.1. The van der Waals surface area contributed by atoms with Crippen LogP contribution in [0.4, 0.5) is 0 Å². The quantitative estimate of drug-likeness (QED) is 0.500. The first-order valence-electron chi connectivity index (χ1n) is 4.70. The molecule has 86 valence electrons. The lowest BCUT2D eigenvalue weighted by molar-refractivity contribution is 0.0945. The van der Waals surface area contributed by atoms with E-state index in [1.807, 2.05) is 24.3 Å². The maximum absolute atomic E-state index is 11.4. The van der Waals surface area contributed by atoms with Gasteiger partial charge in [0.1, 0.15) is 6.33 Å². The van der Waals surface area contributed by atoms with Crippen LogP contribution in [-0.4, -0.2) is 27.3 Å². The van der Waals surface area contributed by atoms with Crippen LogP contribution in [0, 0.1) is 3.57 Å². The number of carbonyl (C=O) groups excluding carboxylic acids is 1. The van der Waals surface area contributed by atoms with Crippen LogP contribution < -0.4 is 5.43 Å². The van der Waals surface area contributed by atoms with Gasteiger partial charge in [-0.3, -0.25) is 9.89 Å². The van der Waals surface area contributed by atoms with Crippen molar-refractivity contribution in [1.82, 2.24) is 20.6 Å². The van der Waals surface area contributed by atoms with E-state index in [1.165, 1.54) is 6.33 Å². The van der Waals surface area contributed by atoms with Gasteiger partial charge in [-0.05, 0) is 28.7 Å². The second-order valence-corrected chi connectivity index (χ2v) is 4.22. The lowest BCUT2D eigenvalue weighted by Crippen LogP contribution is -2.19. The molecule has 1 aromatic carbocycles. The molecule has 0 aliphatic carbocycles. The van der Waals surface area contributed by atoms with Crippen molar-refractivity contribution in [2.75, 3.05) is 0 Å². The van der Waals surface area contributed by atoms with Gasteiger partial charge in [-0.1, -0.05) is 18.2 Å². The van der Waals surface area contributed by atoms with Crippen LogP contribution in [0.5, 0.6) is 0 Å². The van der Waals surface area contributed by atoms with Gasteiger partial charge in [0.25, 0.3) is 0 Å². The molecule has 0 radical (unpaired) electrons. The third kappa shape index (κ3) is 3.09. The first kappa shape index (κ1) is 11.7. The summed E-state index contributed by atoms with van der Waals surface area (Å²) in [4.78, 5) is 15.1. The Hall–Kier alpha value is -1.77. The number of nitrogens with one attached hydrogen (secondary N) is 2. The van der Waals surface area contributed by atoms with Gasteiger partial charge in [0.15, 0.2) is 0 Å². The molecule has 0 fully saturated rings. The van der Waals surface area contributed by atoms with Crippen LogP contribution in [0.2, 0.25) is 0 Å². The molecule has 0 saturated heterocycles.